The molecule has 3 N–H and O–H groups in total. The lowest BCUT2D eigenvalue weighted by molar-refractivity contribution is -0.375. The number of ether oxygens (including phenoxy) is 16. The van der Waals surface area contributed by atoms with E-state index in [1.807, 2.05) is 201 Å². The Balaban J connectivity index is 0.000000193. The fourth-order valence-electron chi connectivity index (χ4n) is 14.4. The van der Waals surface area contributed by atoms with Crippen LogP contribution in [-0.2, 0) is 112 Å². The molecule has 0 saturated carbocycles. The highest BCUT2D eigenvalue weighted by Gasteiger charge is 2.56. The highest BCUT2D eigenvalue weighted by atomic mass is 16.8. The van der Waals surface area contributed by atoms with Crippen LogP contribution in [0.1, 0.15) is 101 Å². The van der Waals surface area contributed by atoms with Gasteiger partial charge in [0.25, 0.3) is 0 Å². The molecule has 110 heavy (non-hydrogen) atoms. The Morgan fingerprint density at radius 2 is 0.700 bits per heavy atom. The van der Waals surface area contributed by atoms with E-state index in [1.165, 1.54) is 13.8 Å². The van der Waals surface area contributed by atoms with E-state index >= 15 is 0 Å². The van der Waals surface area contributed by atoms with Gasteiger partial charge in [0.1, 0.15) is 80.2 Å². The summed E-state index contributed by atoms with van der Waals surface area (Å²) in [5.74, 6) is -2.44. The zero-order chi connectivity index (χ0) is 76.3. The van der Waals surface area contributed by atoms with Crippen LogP contribution in [0.25, 0.3) is 0 Å². The predicted molar refractivity (Wildman–Crippen MR) is 399 cm³/mol. The summed E-state index contributed by atoms with van der Waals surface area (Å²) in [6.45, 7) is 9.57. The van der Waals surface area contributed by atoms with Crippen molar-refractivity contribution >= 4 is 23.8 Å². The minimum atomic E-state index is -1.04. The second-order valence-corrected chi connectivity index (χ2v) is 28.3. The van der Waals surface area contributed by atoms with E-state index in [9.17, 15) is 24.3 Å². The van der Waals surface area contributed by atoms with Crippen molar-refractivity contribution in [3.8, 4) is 0 Å². The number of nitrogens with one attached hydrogen (secondary N) is 2. The largest absolute Gasteiger partial charge is 0.459 e. The van der Waals surface area contributed by atoms with Crippen LogP contribution in [0.3, 0.4) is 0 Å². The van der Waals surface area contributed by atoms with E-state index in [4.69, 9.17) is 75.8 Å². The van der Waals surface area contributed by atoms with Crippen molar-refractivity contribution < 1.29 is 100 Å². The average Bonchev–Trinajstić information content (AvgIpc) is 0.766. The van der Waals surface area contributed by atoms with E-state index in [0.717, 1.165) is 33.4 Å². The Bertz CT molecular complexity index is 3860. The molecule has 10 unspecified atom stereocenters. The van der Waals surface area contributed by atoms with Crippen LogP contribution in [0.15, 0.2) is 243 Å². The molecule has 0 spiro atoms. The molecule has 8 aromatic carbocycles. The first-order valence-electron chi connectivity index (χ1n) is 37.5. The lowest BCUT2D eigenvalue weighted by atomic mass is 9.84. The maximum Gasteiger partial charge on any atom is 0.338 e. The van der Waals surface area contributed by atoms with Crippen LogP contribution < -0.4 is 10.6 Å². The first-order valence-corrected chi connectivity index (χ1v) is 37.5. The molecule has 0 aliphatic carbocycles. The monoisotopic (exact) mass is 1500 g/mol. The molecule has 22 atom stereocenters. The summed E-state index contributed by atoms with van der Waals surface area (Å²) in [6, 6.07) is 73.6. The summed E-state index contributed by atoms with van der Waals surface area (Å²) in [5, 5.41) is 17.7. The van der Waals surface area contributed by atoms with E-state index in [1.54, 1.807) is 48.5 Å². The number of benzene rings is 8. The third kappa shape index (κ3) is 20.6. The van der Waals surface area contributed by atoms with Gasteiger partial charge < -0.3 is 91.5 Å². The Morgan fingerprint density at radius 3 is 1.07 bits per heavy atom. The minimum absolute atomic E-state index is 0.00881. The molecular formula is C87H96N2O21. The summed E-state index contributed by atoms with van der Waals surface area (Å²) < 4.78 is 103. The van der Waals surface area contributed by atoms with Crippen LogP contribution in [0.4, 0.5) is 0 Å². The fraction of sp³-hybridized carbons (Fsp3) is 0.402. The summed E-state index contributed by atoms with van der Waals surface area (Å²) in [4.78, 5) is 52.2. The maximum absolute atomic E-state index is 13.3. The third-order valence-corrected chi connectivity index (χ3v) is 20.4. The van der Waals surface area contributed by atoms with Crippen molar-refractivity contribution in [1.82, 2.24) is 10.6 Å². The van der Waals surface area contributed by atoms with Gasteiger partial charge in [0.2, 0.25) is 11.8 Å². The van der Waals surface area contributed by atoms with Crippen molar-refractivity contribution in [1.29, 1.82) is 0 Å². The van der Waals surface area contributed by atoms with Crippen molar-refractivity contribution in [2.75, 3.05) is 26.4 Å². The number of amides is 2. The van der Waals surface area contributed by atoms with Crippen molar-refractivity contribution in [3.05, 3.63) is 287 Å². The second-order valence-electron chi connectivity index (χ2n) is 28.3. The summed E-state index contributed by atoms with van der Waals surface area (Å²) in [7, 11) is 0. The van der Waals surface area contributed by atoms with Gasteiger partial charge in [-0.05, 0) is 52.4 Å². The first kappa shape index (κ1) is 79.1. The zero-order valence-electron chi connectivity index (χ0n) is 62.1. The maximum atomic E-state index is 13.3. The second kappa shape index (κ2) is 38.8. The van der Waals surface area contributed by atoms with Crippen molar-refractivity contribution in [2.24, 2.45) is 17.8 Å². The third-order valence-electron chi connectivity index (χ3n) is 20.4. The molecule has 6 heterocycles. The molecule has 6 saturated heterocycles. The number of aliphatic hydroxyl groups is 1. The number of fused-ring (bicyclic) bond motifs is 2. The number of hydrogen-bond acceptors (Lipinski definition) is 21. The van der Waals surface area contributed by atoms with Crippen LogP contribution in [0.2, 0.25) is 0 Å². The quantitative estimate of drug-likeness (QED) is 0.0426. The van der Waals surface area contributed by atoms with Gasteiger partial charge in [-0.3, -0.25) is 9.59 Å². The van der Waals surface area contributed by atoms with E-state index in [0.29, 0.717) is 17.7 Å². The predicted octanol–water partition coefficient (Wildman–Crippen LogP) is 11.5. The Kier molecular flexibility index (Phi) is 27.9. The number of aliphatic hydroxyl groups excluding tert-OH is 1. The molecule has 8 aromatic rings. The average molecular weight is 1510 g/mol. The van der Waals surface area contributed by atoms with Gasteiger partial charge in [-0.1, -0.05) is 239 Å². The Morgan fingerprint density at radius 1 is 0.373 bits per heavy atom. The normalized spacial score (nSPS) is 30.5. The van der Waals surface area contributed by atoms with E-state index in [-0.39, 0.29) is 76.0 Å². The lowest BCUT2D eigenvalue weighted by Crippen LogP contribution is -2.67. The molecule has 6 aliphatic heterocycles. The summed E-state index contributed by atoms with van der Waals surface area (Å²) >= 11 is 0. The molecule has 6 fully saturated rings. The molecule has 0 radical (unpaired) electrons. The summed E-state index contributed by atoms with van der Waals surface area (Å²) in [5.41, 5.74) is 6.15. The van der Waals surface area contributed by atoms with Gasteiger partial charge in [-0.2, -0.15) is 0 Å². The van der Waals surface area contributed by atoms with Crippen molar-refractivity contribution in [2.45, 2.75) is 178 Å². The molecule has 0 bridgehead atoms. The molecule has 23 heteroatoms. The number of esters is 2. The van der Waals surface area contributed by atoms with Crippen LogP contribution in [-0.4, -0.2) is 160 Å². The van der Waals surface area contributed by atoms with Crippen LogP contribution in [0, 0.1) is 17.8 Å². The van der Waals surface area contributed by atoms with Gasteiger partial charge in [-0.25, -0.2) is 9.59 Å². The van der Waals surface area contributed by atoms with Crippen molar-refractivity contribution in [3.63, 3.8) is 0 Å². The minimum Gasteiger partial charge on any atom is -0.459 e. The molecule has 14 rings (SSSR count). The lowest BCUT2D eigenvalue weighted by Gasteiger charge is -2.51. The van der Waals surface area contributed by atoms with Crippen LogP contribution >= 0.6 is 0 Å². The Hall–Kier alpha value is -8.96. The first-order chi connectivity index (χ1) is 53.7. The molecule has 580 valence electrons. The van der Waals surface area contributed by atoms with Gasteiger partial charge in [0.15, 0.2) is 37.7 Å². The van der Waals surface area contributed by atoms with E-state index < -0.39 is 129 Å². The molecule has 2 amide bonds. The van der Waals surface area contributed by atoms with Gasteiger partial charge in [-0.15, -0.1) is 0 Å². The highest BCUT2D eigenvalue weighted by Crippen LogP contribution is 2.43. The topological polar surface area (TPSA) is 260 Å². The smallest absolute Gasteiger partial charge is 0.338 e. The molecule has 6 aliphatic rings. The number of hydrogen-bond donors (Lipinski definition) is 3. The number of carbonyl (C=O) groups is 4. The molecule has 0 aromatic heterocycles. The highest BCUT2D eigenvalue weighted by molar-refractivity contribution is 5.89. The number of rotatable bonds is 26. The van der Waals surface area contributed by atoms with Crippen LogP contribution in [0.5, 0.6) is 0 Å². The van der Waals surface area contributed by atoms with Gasteiger partial charge in [0.05, 0.1) is 63.0 Å². The van der Waals surface area contributed by atoms with Gasteiger partial charge in [0, 0.05) is 36.8 Å². The Labute approximate surface area is 640 Å². The summed E-state index contributed by atoms with van der Waals surface area (Å²) in [6.07, 6.45) is -13.4. The number of carbonyl (C=O) groups excluding carboxylic acids is 4. The molecular weight excluding hydrogens is 1410 g/mol. The molecule has 23 nitrogen and oxygen atoms in total. The zero-order valence-corrected chi connectivity index (χ0v) is 62.1. The fourth-order valence-corrected chi connectivity index (χ4v) is 14.4. The van der Waals surface area contributed by atoms with E-state index in [2.05, 4.69) is 24.5 Å². The van der Waals surface area contributed by atoms with Gasteiger partial charge >= 0.3 is 11.9 Å². The standard InChI is InChI=1S/C44H49NO10.C43H47NO11/c1-28-29(2)42(52-35-27-51-43(54-38(28)35)34-22-14-7-15-23-34)55-39-36(26-49-41(47)33-20-12-6-13-21-33)53-44(50-25-32-18-10-5-11-19-32)37(45-30(3)46)40(39)48-24-31-16-8-4-9-17-31;1-27-36(46)37-33(26-51-42(54-37)32-21-13-6-14-22-32)52-41(27)55-38-34(25-49-40(47)31-19-11-5-12-20-31)53-43(50-24-30-17-9-4-10-18-30)35(44-28(2)45)39(38)48-23-29-15-7-3-8-16-29/h4-23,28-29,35-40,42-44H,24-27H2,1-3H3,(H,45,46);3-22,27,33-39,41-43,46H,23-26H2,1-2H3,(H,44,45)/t28-,29?,35?,36+,37?,38-,39-,40?,42+,43?,44+;27?,33?,34-,35?,36+,37-,38+,39?,41-,42?,43-/m10/s1. The SMILES string of the molecule is CC(=O)NC1C(OCc2ccccc2)[C@H](O[C@@H]2OC3COC(c4ccccc4)O[C@@H]3[C@H](C)C2C)[C@H](COC(=O)c2ccccc2)O[C@@H]1OCc1ccccc1.CC(=O)NC1C(OCc2ccccc2)[C@H](O[C@@H]2OC3COC(c4ccccc4)O[C@@H]3[C@H](O)C2C)[C@H](COC(=O)c2ccccc2)O[C@@H]1OCc1ccccc1.